The van der Waals surface area contributed by atoms with Crippen molar-refractivity contribution in [2.45, 2.75) is 19.8 Å². The van der Waals surface area contributed by atoms with Crippen LogP contribution in [0.25, 0.3) is 17.0 Å². The first-order valence-electron chi connectivity index (χ1n) is 6.62. The predicted molar refractivity (Wildman–Crippen MR) is 78.6 cm³/mol. The van der Waals surface area contributed by atoms with Crippen LogP contribution in [0.15, 0.2) is 42.6 Å². The number of aromatic nitrogens is 1. The van der Waals surface area contributed by atoms with Gasteiger partial charge >= 0.3 is 0 Å². The highest BCUT2D eigenvalue weighted by atomic mass is 14.8. The van der Waals surface area contributed by atoms with Crippen molar-refractivity contribution in [2.24, 2.45) is 0 Å². The van der Waals surface area contributed by atoms with E-state index >= 15 is 0 Å². The zero-order valence-corrected chi connectivity index (χ0v) is 10.9. The van der Waals surface area contributed by atoms with E-state index in [1.54, 1.807) is 0 Å². The molecule has 0 saturated carbocycles. The molecule has 1 N–H and O–H groups in total. The molecule has 1 aromatic carbocycles. The highest BCUT2D eigenvalue weighted by Crippen LogP contribution is 2.13. The van der Waals surface area contributed by atoms with E-state index in [-0.39, 0.29) is 0 Å². The topological polar surface area (TPSA) is 24.9 Å². The molecule has 0 aliphatic rings. The molecule has 0 aliphatic carbocycles. The van der Waals surface area contributed by atoms with Gasteiger partial charge in [-0.2, -0.15) is 0 Å². The molecule has 0 unspecified atom stereocenters. The van der Waals surface area contributed by atoms with E-state index in [0.29, 0.717) is 0 Å². The van der Waals surface area contributed by atoms with Crippen LogP contribution in [0.1, 0.15) is 25.3 Å². The van der Waals surface area contributed by atoms with Gasteiger partial charge in [-0.3, -0.25) is 4.98 Å². The Morgan fingerprint density at radius 1 is 1.22 bits per heavy atom. The lowest BCUT2D eigenvalue weighted by Crippen LogP contribution is -2.14. The molecule has 1 aromatic heterocycles. The van der Waals surface area contributed by atoms with Crippen LogP contribution in [0.4, 0.5) is 0 Å². The Morgan fingerprint density at radius 3 is 3.00 bits per heavy atom. The Kier molecular flexibility index (Phi) is 4.91. The third-order valence-electron chi connectivity index (χ3n) is 2.84. The molecule has 0 fully saturated rings. The molecule has 0 aliphatic heterocycles. The third-order valence-corrected chi connectivity index (χ3v) is 2.84. The first kappa shape index (κ1) is 12.8. The molecule has 0 atom stereocenters. The van der Waals surface area contributed by atoms with E-state index in [1.165, 1.54) is 17.4 Å². The average molecular weight is 240 g/mol. The lowest BCUT2D eigenvalue weighted by Gasteiger charge is -1.99. The molecule has 0 bridgehead atoms. The second-order valence-corrected chi connectivity index (χ2v) is 4.40. The standard InChI is InChI=1S/C16H20N2/c1-2-10-17-11-6-5-7-14-12-15-8-3-4-9-16(15)18-13-14/h3-5,7-9,12-13,17H,2,6,10-11H2,1H3. The molecule has 2 nitrogen and oxygen atoms in total. The van der Waals surface area contributed by atoms with E-state index in [1.807, 2.05) is 24.4 Å². The fourth-order valence-corrected chi connectivity index (χ4v) is 1.89. The third kappa shape index (κ3) is 3.67. The smallest absolute Gasteiger partial charge is 0.0702 e. The maximum atomic E-state index is 4.44. The van der Waals surface area contributed by atoms with Crippen LogP contribution in [0.5, 0.6) is 0 Å². The SMILES string of the molecule is CCCNCCC=Cc1cnc2ccccc2c1. The van der Waals surface area contributed by atoms with Gasteiger partial charge in [-0.15, -0.1) is 0 Å². The minimum Gasteiger partial charge on any atom is -0.316 e. The molecule has 2 aromatic rings. The van der Waals surface area contributed by atoms with Gasteiger partial charge in [0.1, 0.15) is 0 Å². The number of rotatable bonds is 6. The van der Waals surface area contributed by atoms with E-state index < -0.39 is 0 Å². The van der Waals surface area contributed by atoms with E-state index in [9.17, 15) is 0 Å². The van der Waals surface area contributed by atoms with E-state index in [0.717, 1.165) is 25.0 Å². The normalized spacial score (nSPS) is 11.4. The molecule has 0 radical (unpaired) electrons. The zero-order valence-electron chi connectivity index (χ0n) is 10.9. The van der Waals surface area contributed by atoms with Crippen molar-refractivity contribution in [3.8, 4) is 0 Å². The molecule has 0 amide bonds. The minimum absolute atomic E-state index is 1.05. The van der Waals surface area contributed by atoms with Gasteiger partial charge in [-0.25, -0.2) is 0 Å². The summed E-state index contributed by atoms with van der Waals surface area (Å²) in [6.07, 6.45) is 8.53. The average Bonchev–Trinajstić information content (AvgIpc) is 2.42. The van der Waals surface area contributed by atoms with Crippen LogP contribution in [-0.4, -0.2) is 18.1 Å². The van der Waals surface area contributed by atoms with Crippen LogP contribution in [0.2, 0.25) is 0 Å². The van der Waals surface area contributed by atoms with Crippen molar-refractivity contribution in [1.82, 2.24) is 10.3 Å². The summed E-state index contributed by atoms with van der Waals surface area (Å²) in [4.78, 5) is 4.44. The fraction of sp³-hybridized carbons (Fsp3) is 0.312. The van der Waals surface area contributed by atoms with Gasteiger partial charge in [-0.1, -0.05) is 37.3 Å². The van der Waals surface area contributed by atoms with Gasteiger partial charge in [0.15, 0.2) is 0 Å². The molecule has 2 heteroatoms. The fourth-order valence-electron chi connectivity index (χ4n) is 1.89. The largest absolute Gasteiger partial charge is 0.316 e. The van der Waals surface area contributed by atoms with Crippen molar-refractivity contribution in [3.05, 3.63) is 48.2 Å². The highest BCUT2D eigenvalue weighted by Gasteiger charge is 1.93. The number of nitrogens with zero attached hydrogens (tertiary/aromatic N) is 1. The first-order valence-corrected chi connectivity index (χ1v) is 6.62. The monoisotopic (exact) mass is 240 g/mol. The molecule has 2 rings (SSSR count). The van der Waals surface area contributed by atoms with Gasteiger partial charge in [-0.05, 0) is 43.6 Å². The maximum absolute atomic E-state index is 4.44. The van der Waals surface area contributed by atoms with Gasteiger partial charge in [0, 0.05) is 11.6 Å². The van der Waals surface area contributed by atoms with Crippen molar-refractivity contribution in [2.75, 3.05) is 13.1 Å². The molecule has 18 heavy (non-hydrogen) atoms. The summed E-state index contributed by atoms with van der Waals surface area (Å²) in [6.45, 7) is 4.33. The predicted octanol–water partition coefficient (Wildman–Crippen LogP) is 3.64. The van der Waals surface area contributed by atoms with Gasteiger partial charge in [0.2, 0.25) is 0 Å². The first-order chi connectivity index (χ1) is 8.90. The van der Waals surface area contributed by atoms with Crippen LogP contribution in [0, 0.1) is 0 Å². The number of fused-ring (bicyclic) bond motifs is 1. The quantitative estimate of drug-likeness (QED) is 0.780. The summed E-state index contributed by atoms with van der Waals surface area (Å²) in [5, 5.41) is 4.58. The van der Waals surface area contributed by atoms with Crippen molar-refractivity contribution < 1.29 is 0 Å². The number of hydrogen-bond donors (Lipinski definition) is 1. The number of para-hydroxylation sites is 1. The summed E-state index contributed by atoms with van der Waals surface area (Å²) < 4.78 is 0. The Balaban J connectivity index is 1.93. The van der Waals surface area contributed by atoms with Crippen molar-refractivity contribution in [3.63, 3.8) is 0 Å². The molecular formula is C16H20N2. The Hall–Kier alpha value is -1.67. The second kappa shape index (κ2) is 6.92. The number of benzene rings is 1. The molecule has 94 valence electrons. The van der Waals surface area contributed by atoms with Gasteiger partial charge in [0.25, 0.3) is 0 Å². The summed E-state index contributed by atoms with van der Waals surface area (Å²) in [5.74, 6) is 0. The molecule has 0 saturated heterocycles. The van der Waals surface area contributed by atoms with Crippen LogP contribution < -0.4 is 5.32 Å². The molecule has 0 spiro atoms. The Labute approximate surface area is 109 Å². The lowest BCUT2D eigenvalue weighted by atomic mass is 10.1. The van der Waals surface area contributed by atoms with E-state index in [2.05, 4.69) is 41.5 Å². The summed E-state index contributed by atoms with van der Waals surface area (Å²) >= 11 is 0. The van der Waals surface area contributed by atoms with Crippen molar-refractivity contribution in [1.29, 1.82) is 0 Å². The van der Waals surface area contributed by atoms with Crippen molar-refractivity contribution >= 4 is 17.0 Å². The van der Waals surface area contributed by atoms with Gasteiger partial charge < -0.3 is 5.32 Å². The lowest BCUT2D eigenvalue weighted by molar-refractivity contribution is 0.679. The maximum Gasteiger partial charge on any atom is 0.0702 e. The zero-order chi connectivity index (χ0) is 12.6. The van der Waals surface area contributed by atoms with Gasteiger partial charge in [0.05, 0.1) is 5.52 Å². The summed E-state index contributed by atoms with van der Waals surface area (Å²) in [7, 11) is 0. The number of pyridine rings is 1. The van der Waals surface area contributed by atoms with Crippen LogP contribution >= 0.6 is 0 Å². The Morgan fingerprint density at radius 2 is 2.11 bits per heavy atom. The Bertz CT molecular complexity index is 517. The molecule has 1 heterocycles. The summed E-state index contributed by atoms with van der Waals surface area (Å²) in [6, 6.07) is 10.4. The molecular weight excluding hydrogens is 220 g/mol. The van der Waals surface area contributed by atoms with E-state index in [4.69, 9.17) is 0 Å². The number of hydrogen-bond acceptors (Lipinski definition) is 2. The van der Waals surface area contributed by atoms with Crippen LogP contribution in [0.3, 0.4) is 0 Å². The minimum atomic E-state index is 1.05. The van der Waals surface area contributed by atoms with Crippen LogP contribution in [-0.2, 0) is 0 Å². The summed E-state index contributed by atoms with van der Waals surface area (Å²) in [5.41, 5.74) is 2.23. The highest BCUT2D eigenvalue weighted by molar-refractivity contribution is 5.80. The number of nitrogens with one attached hydrogen (secondary N) is 1. The second-order valence-electron chi connectivity index (χ2n) is 4.40.